The normalized spacial score (nSPS) is 10.4. The molecule has 0 fully saturated rings. The maximum absolute atomic E-state index is 11.3. The molecule has 3 aromatic rings. The highest BCUT2D eigenvalue weighted by Crippen LogP contribution is 2.22. The van der Waals surface area contributed by atoms with Crippen molar-refractivity contribution in [2.24, 2.45) is 0 Å². The Labute approximate surface area is 130 Å². The molecule has 0 saturated carbocycles. The predicted molar refractivity (Wildman–Crippen MR) is 79.7 cm³/mol. The van der Waals surface area contributed by atoms with E-state index in [0.29, 0.717) is 23.0 Å². The first-order valence-corrected chi connectivity index (χ1v) is 7.32. The highest BCUT2D eigenvalue weighted by molar-refractivity contribution is 7.13. The van der Waals surface area contributed by atoms with Crippen molar-refractivity contribution in [2.45, 2.75) is 6.61 Å². The molecule has 3 rings (SSSR count). The molecular formula is C15H12N2O4S. The van der Waals surface area contributed by atoms with Crippen molar-refractivity contribution in [2.75, 3.05) is 7.11 Å². The van der Waals surface area contributed by atoms with Crippen LogP contribution < -0.4 is 4.74 Å². The second-order valence-corrected chi connectivity index (χ2v) is 5.25. The van der Waals surface area contributed by atoms with E-state index in [4.69, 9.17) is 9.26 Å². The van der Waals surface area contributed by atoms with Crippen molar-refractivity contribution in [3.63, 3.8) is 0 Å². The van der Waals surface area contributed by atoms with Gasteiger partial charge in [-0.1, -0.05) is 11.2 Å². The van der Waals surface area contributed by atoms with Crippen LogP contribution in [-0.2, 0) is 11.3 Å². The van der Waals surface area contributed by atoms with Crippen LogP contribution in [0.2, 0.25) is 0 Å². The van der Waals surface area contributed by atoms with Gasteiger partial charge in [-0.2, -0.15) is 4.98 Å². The number of hydrogen-bond acceptors (Lipinski definition) is 7. The van der Waals surface area contributed by atoms with Gasteiger partial charge in [0.15, 0.2) is 6.61 Å². The highest BCUT2D eigenvalue weighted by Gasteiger charge is 2.10. The number of ether oxygens (including phenoxy) is 2. The van der Waals surface area contributed by atoms with E-state index in [0.717, 1.165) is 4.88 Å². The molecule has 0 saturated heterocycles. The Balaban J connectivity index is 1.62. The molecule has 0 N–H and O–H groups in total. The van der Waals surface area contributed by atoms with Gasteiger partial charge in [-0.3, -0.25) is 0 Å². The standard InChI is InChI=1S/C15H12N2O4S/c1-19-15(18)10-4-6-11(7-5-10)20-9-13-16-14(21-17-13)12-3-2-8-22-12/h2-8H,9H2,1H3. The Morgan fingerprint density at radius 3 is 2.77 bits per heavy atom. The third-order valence-corrected chi connectivity index (χ3v) is 3.70. The van der Waals surface area contributed by atoms with Crippen LogP contribution >= 0.6 is 11.3 Å². The topological polar surface area (TPSA) is 74.5 Å². The molecule has 22 heavy (non-hydrogen) atoms. The van der Waals surface area contributed by atoms with Crippen LogP contribution in [0.4, 0.5) is 0 Å². The lowest BCUT2D eigenvalue weighted by Gasteiger charge is -2.04. The summed E-state index contributed by atoms with van der Waals surface area (Å²) in [6.07, 6.45) is 0. The van der Waals surface area contributed by atoms with Crippen LogP contribution in [0.1, 0.15) is 16.2 Å². The number of nitrogens with zero attached hydrogens (tertiary/aromatic N) is 2. The quantitative estimate of drug-likeness (QED) is 0.673. The number of esters is 1. The molecule has 0 aliphatic rings. The second kappa shape index (κ2) is 6.40. The Kier molecular flexibility index (Phi) is 4.15. The summed E-state index contributed by atoms with van der Waals surface area (Å²) in [6, 6.07) is 10.5. The Morgan fingerprint density at radius 2 is 2.09 bits per heavy atom. The van der Waals surface area contributed by atoms with Crippen LogP contribution in [0, 0.1) is 0 Å². The van der Waals surface area contributed by atoms with Crippen LogP contribution in [0.25, 0.3) is 10.8 Å². The smallest absolute Gasteiger partial charge is 0.337 e. The van der Waals surface area contributed by atoms with Gasteiger partial charge in [0.1, 0.15) is 5.75 Å². The number of benzene rings is 1. The van der Waals surface area contributed by atoms with E-state index < -0.39 is 0 Å². The molecule has 0 spiro atoms. The first-order chi connectivity index (χ1) is 10.8. The van der Waals surface area contributed by atoms with E-state index in [1.54, 1.807) is 24.3 Å². The molecule has 2 heterocycles. The second-order valence-electron chi connectivity index (χ2n) is 4.30. The minimum Gasteiger partial charge on any atom is -0.485 e. The summed E-state index contributed by atoms with van der Waals surface area (Å²) in [4.78, 5) is 16.5. The van der Waals surface area contributed by atoms with Gasteiger partial charge in [-0.15, -0.1) is 11.3 Å². The Morgan fingerprint density at radius 1 is 1.27 bits per heavy atom. The van der Waals surface area contributed by atoms with Crippen molar-refractivity contribution >= 4 is 17.3 Å². The minimum absolute atomic E-state index is 0.187. The molecule has 0 radical (unpaired) electrons. The summed E-state index contributed by atoms with van der Waals surface area (Å²) in [5, 5.41) is 5.81. The van der Waals surface area contributed by atoms with Crippen LogP contribution in [-0.4, -0.2) is 23.2 Å². The summed E-state index contributed by atoms with van der Waals surface area (Å²) in [6.45, 7) is 0.187. The summed E-state index contributed by atoms with van der Waals surface area (Å²) >= 11 is 1.53. The van der Waals surface area contributed by atoms with E-state index in [9.17, 15) is 4.79 Å². The molecule has 0 atom stereocenters. The molecule has 0 unspecified atom stereocenters. The molecule has 0 bridgehead atoms. The zero-order valence-corrected chi connectivity index (χ0v) is 12.5. The SMILES string of the molecule is COC(=O)c1ccc(OCc2noc(-c3cccs3)n2)cc1. The summed E-state index contributed by atoms with van der Waals surface area (Å²) in [5.74, 6) is 1.16. The summed E-state index contributed by atoms with van der Waals surface area (Å²) in [7, 11) is 1.34. The van der Waals surface area contributed by atoms with Gasteiger partial charge in [0, 0.05) is 0 Å². The van der Waals surface area contributed by atoms with Gasteiger partial charge in [-0.05, 0) is 35.7 Å². The van der Waals surface area contributed by atoms with E-state index in [1.165, 1.54) is 18.4 Å². The first kappa shape index (κ1) is 14.3. The molecule has 0 aliphatic heterocycles. The van der Waals surface area contributed by atoms with Gasteiger partial charge >= 0.3 is 5.97 Å². The lowest BCUT2D eigenvalue weighted by Crippen LogP contribution is -2.01. The maximum Gasteiger partial charge on any atom is 0.337 e. The molecule has 0 amide bonds. The van der Waals surface area contributed by atoms with E-state index in [1.807, 2.05) is 17.5 Å². The minimum atomic E-state index is -0.384. The van der Waals surface area contributed by atoms with Gasteiger partial charge in [0.25, 0.3) is 5.89 Å². The molecule has 0 aliphatic carbocycles. The van der Waals surface area contributed by atoms with Crippen molar-refractivity contribution in [1.29, 1.82) is 0 Å². The van der Waals surface area contributed by atoms with Crippen LogP contribution in [0.15, 0.2) is 46.3 Å². The van der Waals surface area contributed by atoms with Crippen molar-refractivity contribution in [1.82, 2.24) is 10.1 Å². The number of rotatable bonds is 5. The predicted octanol–water partition coefficient (Wildman–Crippen LogP) is 3.16. The molecule has 112 valence electrons. The highest BCUT2D eigenvalue weighted by atomic mass is 32.1. The van der Waals surface area contributed by atoms with Crippen LogP contribution in [0.3, 0.4) is 0 Å². The largest absolute Gasteiger partial charge is 0.485 e. The van der Waals surface area contributed by atoms with Gasteiger partial charge in [0.2, 0.25) is 5.82 Å². The van der Waals surface area contributed by atoms with Gasteiger partial charge in [0.05, 0.1) is 17.6 Å². The van der Waals surface area contributed by atoms with Crippen molar-refractivity contribution < 1.29 is 18.8 Å². The molecule has 7 heteroatoms. The summed E-state index contributed by atoms with van der Waals surface area (Å²) < 4.78 is 15.4. The fourth-order valence-electron chi connectivity index (χ4n) is 1.77. The number of methoxy groups -OCH3 is 1. The van der Waals surface area contributed by atoms with Crippen molar-refractivity contribution in [3.05, 3.63) is 53.2 Å². The lowest BCUT2D eigenvalue weighted by molar-refractivity contribution is 0.0600. The number of aromatic nitrogens is 2. The van der Waals surface area contributed by atoms with Gasteiger partial charge in [-0.25, -0.2) is 4.79 Å². The average Bonchev–Trinajstić information content (AvgIpc) is 3.23. The fraction of sp³-hybridized carbons (Fsp3) is 0.133. The van der Waals surface area contributed by atoms with Crippen molar-refractivity contribution in [3.8, 4) is 16.5 Å². The molecular weight excluding hydrogens is 304 g/mol. The molecule has 2 aromatic heterocycles. The number of hydrogen-bond donors (Lipinski definition) is 0. The fourth-order valence-corrected chi connectivity index (χ4v) is 2.41. The maximum atomic E-state index is 11.3. The third kappa shape index (κ3) is 3.15. The molecule has 1 aromatic carbocycles. The molecule has 6 nitrogen and oxygen atoms in total. The Hall–Kier alpha value is -2.67. The number of thiophene rings is 1. The number of carbonyl (C=O) groups excluding carboxylic acids is 1. The third-order valence-electron chi connectivity index (χ3n) is 2.84. The zero-order chi connectivity index (χ0) is 15.4. The Bertz CT molecular complexity index is 750. The lowest BCUT2D eigenvalue weighted by atomic mass is 10.2. The van der Waals surface area contributed by atoms with Gasteiger partial charge < -0.3 is 14.0 Å². The van der Waals surface area contributed by atoms with Crippen LogP contribution in [0.5, 0.6) is 5.75 Å². The first-order valence-electron chi connectivity index (χ1n) is 6.44. The van der Waals surface area contributed by atoms with E-state index in [-0.39, 0.29) is 12.6 Å². The van der Waals surface area contributed by atoms with E-state index >= 15 is 0 Å². The van der Waals surface area contributed by atoms with E-state index in [2.05, 4.69) is 14.9 Å². The summed E-state index contributed by atoms with van der Waals surface area (Å²) in [5.41, 5.74) is 0.467. The number of carbonyl (C=O) groups is 1. The monoisotopic (exact) mass is 316 g/mol. The average molecular weight is 316 g/mol. The zero-order valence-electron chi connectivity index (χ0n) is 11.7.